The maximum atomic E-state index is 11.3. The monoisotopic (exact) mass is 209 g/mol. The van der Waals surface area contributed by atoms with Crippen molar-refractivity contribution >= 4 is 28.9 Å². The van der Waals surface area contributed by atoms with Crippen molar-refractivity contribution < 1.29 is 9.63 Å². The Morgan fingerprint density at radius 3 is 3.00 bits per heavy atom. The van der Waals surface area contributed by atoms with Gasteiger partial charge in [0.1, 0.15) is 12.8 Å². The van der Waals surface area contributed by atoms with E-state index in [4.69, 9.17) is 0 Å². The van der Waals surface area contributed by atoms with Gasteiger partial charge in [-0.1, -0.05) is 11.2 Å². The summed E-state index contributed by atoms with van der Waals surface area (Å²) in [4.78, 5) is 15.8. The molecule has 0 aliphatic carbocycles. The molecule has 14 heavy (non-hydrogen) atoms. The summed E-state index contributed by atoms with van der Waals surface area (Å²) < 4.78 is 0. The quantitative estimate of drug-likeness (QED) is 0.434. The number of thiophene rings is 1. The first-order chi connectivity index (χ1) is 6.74. The highest BCUT2D eigenvalue weighted by Crippen LogP contribution is 2.07. The van der Waals surface area contributed by atoms with Crippen LogP contribution in [0.4, 0.5) is 0 Å². The summed E-state index contributed by atoms with van der Waals surface area (Å²) in [5.74, 6) is -0.141. The Labute approximate surface area is 86.7 Å². The van der Waals surface area contributed by atoms with Crippen LogP contribution in [0.5, 0.6) is 0 Å². The second kappa shape index (κ2) is 5.34. The van der Waals surface area contributed by atoms with Gasteiger partial charge < -0.3 is 4.84 Å². The minimum atomic E-state index is -0.141. The molecule has 0 aliphatic rings. The SMILES string of the molecule is CO/N=C(\C)C(=O)/C=C/c1ccsc1. The van der Waals surface area contributed by atoms with Crippen LogP contribution in [0.15, 0.2) is 28.1 Å². The van der Waals surface area contributed by atoms with E-state index in [-0.39, 0.29) is 5.78 Å². The molecular weight excluding hydrogens is 198 g/mol. The van der Waals surface area contributed by atoms with Crippen molar-refractivity contribution in [1.82, 2.24) is 0 Å². The molecule has 1 aromatic rings. The van der Waals surface area contributed by atoms with E-state index in [0.717, 1.165) is 5.56 Å². The van der Waals surface area contributed by atoms with Gasteiger partial charge in [-0.2, -0.15) is 11.3 Å². The lowest BCUT2D eigenvalue weighted by atomic mass is 10.2. The largest absolute Gasteiger partial charge is 0.399 e. The number of hydrogen-bond acceptors (Lipinski definition) is 4. The first-order valence-electron chi connectivity index (χ1n) is 4.06. The van der Waals surface area contributed by atoms with Crippen LogP contribution in [0.1, 0.15) is 12.5 Å². The zero-order valence-electron chi connectivity index (χ0n) is 8.06. The lowest BCUT2D eigenvalue weighted by Crippen LogP contribution is -2.06. The molecule has 0 fully saturated rings. The van der Waals surface area contributed by atoms with Crippen molar-refractivity contribution in [1.29, 1.82) is 0 Å². The van der Waals surface area contributed by atoms with Crippen molar-refractivity contribution in [3.8, 4) is 0 Å². The summed E-state index contributed by atoms with van der Waals surface area (Å²) in [6, 6.07) is 1.94. The van der Waals surface area contributed by atoms with E-state index in [1.165, 1.54) is 13.2 Å². The summed E-state index contributed by atoms with van der Waals surface area (Å²) >= 11 is 1.59. The molecule has 0 spiro atoms. The second-order valence-corrected chi connectivity index (χ2v) is 3.39. The normalized spacial score (nSPS) is 12.0. The summed E-state index contributed by atoms with van der Waals surface area (Å²) in [6.07, 6.45) is 3.24. The molecule has 0 atom stereocenters. The fraction of sp³-hybridized carbons (Fsp3) is 0.200. The van der Waals surface area contributed by atoms with Gasteiger partial charge in [-0.15, -0.1) is 0 Å². The molecule has 0 saturated carbocycles. The van der Waals surface area contributed by atoms with Crippen LogP contribution in [-0.2, 0) is 9.63 Å². The van der Waals surface area contributed by atoms with Gasteiger partial charge in [0.05, 0.1) is 0 Å². The molecule has 0 unspecified atom stereocenters. The van der Waals surface area contributed by atoms with E-state index in [1.807, 2.05) is 16.8 Å². The number of nitrogens with zero attached hydrogens (tertiary/aromatic N) is 1. The van der Waals surface area contributed by atoms with E-state index >= 15 is 0 Å². The van der Waals surface area contributed by atoms with Crippen LogP contribution < -0.4 is 0 Å². The van der Waals surface area contributed by atoms with Crippen LogP contribution in [-0.4, -0.2) is 18.6 Å². The molecular formula is C10H11NO2S. The molecule has 0 aromatic carbocycles. The van der Waals surface area contributed by atoms with Gasteiger partial charge in [0.15, 0.2) is 0 Å². The molecule has 1 heterocycles. The first-order valence-corrected chi connectivity index (χ1v) is 5.00. The lowest BCUT2D eigenvalue weighted by molar-refractivity contribution is -0.109. The predicted molar refractivity (Wildman–Crippen MR) is 58.5 cm³/mol. The van der Waals surface area contributed by atoms with E-state index in [0.29, 0.717) is 5.71 Å². The summed E-state index contributed by atoms with van der Waals surface area (Å²) in [7, 11) is 1.42. The van der Waals surface area contributed by atoms with Gasteiger partial charge in [-0.3, -0.25) is 4.79 Å². The van der Waals surface area contributed by atoms with Crippen LogP contribution in [0.3, 0.4) is 0 Å². The van der Waals surface area contributed by atoms with Crippen LogP contribution in [0.2, 0.25) is 0 Å². The number of allylic oxidation sites excluding steroid dienone is 1. The summed E-state index contributed by atoms with van der Waals surface area (Å²) in [5, 5.41) is 7.47. The maximum Gasteiger partial charge on any atom is 0.203 e. The second-order valence-electron chi connectivity index (χ2n) is 2.61. The molecule has 0 aliphatic heterocycles. The van der Waals surface area contributed by atoms with E-state index in [2.05, 4.69) is 9.99 Å². The van der Waals surface area contributed by atoms with Crippen molar-refractivity contribution in [2.24, 2.45) is 5.16 Å². The van der Waals surface area contributed by atoms with Crippen LogP contribution in [0.25, 0.3) is 6.08 Å². The van der Waals surface area contributed by atoms with Gasteiger partial charge in [-0.25, -0.2) is 0 Å². The van der Waals surface area contributed by atoms with Gasteiger partial charge >= 0.3 is 0 Å². The van der Waals surface area contributed by atoms with Crippen molar-refractivity contribution in [3.05, 3.63) is 28.5 Å². The fourth-order valence-electron chi connectivity index (χ4n) is 0.844. The molecule has 3 nitrogen and oxygen atoms in total. The number of hydrogen-bond donors (Lipinski definition) is 0. The van der Waals surface area contributed by atoms with Gasteiger partial charge in [0, 0.05) is 0 Å². The zero-order valence-corrected chi connectivity index (χ0v) is 8.88. The molecule has 0 radical (unpaired) electrons. The molecule has 0 amide bonds. The number of ketones is 1. The number of oxime groups is 1. The van der Waals surface area contributed by atoms with E-state index in [9.17, 15) is 4.79 Å². The highest BCUT2D eigenvalue weighted by molar-refractivity contribution is 7.08. The Hall–Kier alpha value is -1.42. The Morgan fingerprint density at radius 1 is 1.64 bits per heavy atom. The minimum Gasteiger partial charge on any atom is -0.399 e. The molecule has 4 heteroatoms. The van der Waals surface area contributed by atoms with Gasteiger partial charge in [-0.05, 0) is 35.4 Å². The Morgan fingerprint density at radius 2 is 2.43 bits per heavy atom. The standard InChI is InChI=1S/C10H11NO2S/c1-8(11-13-2)10(12)4-3-9-5-6-14-7-9/h3-7H,1-2H3/b4-3+,11-8+. The summed E-state index contributed by atoms with van der Waals surface area (Å²) in [6.45, 7) is 1.61. The Bertz CT molecular complexity index is 352. The van der Waals surface area contributed by atoms with Crippen LogP contribution >= 0.6 is 11.3 Å². The van der Waals surface area contributed by atoms with E-state index < -0.39 is 0 Å². The molecule has 0 bridgehead atoms. The van der Waals surface area contributed by atoms with Crippen LogP contribution in [0, 0.1) is 0 Å². The van der Waals surface area contributed by atoms with Gasteiger partial charge in [0.25, 0.3) is 0 Å². The lowest BCUT2D eigenvalue weighted by Gasteiger charge is -1.91. The van der Waals surface area contributed by atoms with Crippen molar-refractivity contribution in [2.75, 3.05) is 7.11 Å². The number of carbonyl (C=O) groups excluding carboxylic acids is 1. The molecule has 1 rings (SSSR count). The zero-order chi connectivity index (χ0) is 10.4. The molecule has 0 N–H and O–H groups in total. The molecule has 0 saturated heterocycles. The molecule has 74 valence electrons. The average Bonchev–Trinajstić information content (AvgIpc) is 2.67. The third-order valence-corrected chi connectivity index (χ3v) is 2.26. The number of carbonyl (C=O) groups is 1. The third-order valence-electron chi connectivity index (χ3n) is 1.56. The smallest absolute Gasteiger partial charge is 0.203 e. The maximum absolute atomic E-state index is 11.3. The van der Waals surface area contributed by atoms with Crippen molar-refractivity contribution in [3.63, 3.8) is 0 Å². The number of rotatable bonds is 4. The minimum absolute atomic E-state index is 0.141. The topological polar surface area (TPSA) is 38.7 Å². The molecule has 1 aromatic heterocycles. The van der Waals surface area contributed by atoms with Gasteiger partial charge in [0.2, 0.25) is 5.78 Å². The highest BCUT2D eigenvalue weighted by Gasteiger charge is 2.01. The van der Waals surface area contributed by atoms with Crippen molar-refractivity contribution in [2.45, 2.75) is 6.92 Å². The Kier molecular flexibility index (Phi) is 4.07. The Balaban J connectivity index is 2.61. The third kappa shape index (κ3) is 3.14. The first kappa shape index (κ1) is 10.7. The highest BCUT2D eigenvalue weighted by atomic mass is 32.1. The van der Waals surface area contributed by atoms with E-state index in [1.54, 1.807) is 24.3 Å². The average molecular weight is 209 g/mol. The summed E-state index contributed by atoms with van der Waals surface area (Å²) in [5.41, 5.74) is 1.37. The predicted octanol–water partition coefficient (Wildman–Crippen LogP) is 2.35. The fourth-order valence-corrected chi connectivity index (χ4v) is 1.47.